The number of hydrogen-bond donors (Lipinski definition) is 3. The molecule has 0 heterocycles. The van der Waals surface area contributed by atoms with Crippen LogP contribution in [0.15, 0.2) is 0 Å². The minimum absolute atomic E-state index is 0.0890. The third-order valence-electron chi connectivity index (χ3n) is 12.3. The highest BCUT2D eigenvalue weighted by molar-refractivity contribution is 7.47. The summed E-state index contributed by atoms with van der Waals surface area (Å²) in [5.41, 5.74) is 0. The molecule has 0 aliphatic heterocycles. The number of phosphoric ester groups is 1. The molecule has 0 bridgehead atoms. The number of phosphoric acid groups is 1. The lowest BCUT2D eigenvalue weighted by atomic mass is 10.0. The first kappa shape index (κ1) is 61.0. The first-order chi connectivity index (χ1) is 30.3. The minimum atomic E-state index is -4.42. The Morgan fingerprint density at radius 3 is 1.05 bits per heavy atom. The summed E-state index contributed by atoms with van der Waals surface area (Å²) in [7, 11) is -4.42. The van der Waals surface area contributed by atoms with Gasteiger partial charge in [-0.1, -0.05) is 264 Å². The molecule has 0 rings (SSSR count). The van der Waals surface area contributed by atoms with E-state index >= 15 is 0 Å². The Hall–Kier alpha value is -0.990. The number of nitrogens with one attached hydrogen (secondary N) is 1. The van der Waals surface area contributed by atoms with Crippen molar-refractivity contribution in [3.05, 3.63) is 0 Å². The number of hydrogen-bond acceptors (Lipinski definition) is 7. The van der Waals surface area contributed by atoms with E-state index in [4.69, 9.17) is 13.8 Å². The van der Waals surface area contributed by atoms with Gasteiger partial charge in [-0.15, -0.1) is 0 Å². The number of ether oxygens (including phenoxy) is 1. The van der Waals surface area contributed by atoms with Crippen LogP contribution < -0.4 is 5.32 Å². The van der Waals surface area contributed by atoms with Gasteiger partial charge < -0.3 is 20.1 Å². The molecule has 0 radical (unpaired) electrons. The van der Waals surface area contributed by atoms with Gasteiger partial charge in [0.1, 0.15) is 12.7 Å². The first-order valence-corrected chi connectivity index (χ1v) is 28.5. The van der Waals surface area contributed by atoms with Gasteiger partial charge in [-0.25, -0.2) is 4.57 Å². The van der Waals surface area contributed by atoms with Crippen molar-refractivity contribution >= 4 is 19.7 Å². The summed E-state index contributed by atoms with van der Waals surface area (Å²) in [6.45, 7) is 3.63. The SMILES string of the molecule is CCCCCCCCCCCCCCCCCCCCCCCCCCC(=O)NCCOP(=O)(O)OCC(O)COC(=O)CCCCCCCCCCCCCCCCCCC. The fourth-order valence-electron chi connectivity index (χ4n) is 8.21. The van der Waals surface area contributed by atoms with Gasteiger partial charge in [0.2, 0.25) is 5.91 Å². The van der Waals surface area contributed by atoms with E-state index in [-0.39, 0.29) is 25.7 Å². The molecule has 0 aromatic carbocycles. The second-order valence-corrected chi connectivity index (χ2v) is 20.0. The molecule has 9 nitrogen and oxygen atoms in total. The van der Waals surface area contributed by atoms with Crippen LogP contribution in [0.5, 0.6) is 0 Å². The smallest absolute Gasteiger partial charge is 0.463 e. The van der Waals surface area contributed by atoms with Crippen LogP contribution in [0.25, 0.3) is 0 Å². The Bertz CT molecular complexity index is 984. The maximum absolute atomic E-state index is 12.2. The fourth-order valence-corrected chi connectivity index (χ4v) is 8.97. The second kappa shape index (κ2) is 49.4. The average molecular weight is 902 g/mol. The quantitative estimate of drug-likeness (QED) is 0.0312. The zero-order valence-electron chi connectivity index (χ0n) is 41.1. The van der Waals surface area contributed by atoms with Crippen LogP contribution in [-0.4, -0.2) is 54.3 Å². The second-order valence-electron chi connectivity index (χ2n) is 18.6. The molecule has 0 spiro atoms. The van der Waals surface area contributed by atoms with Gasteiger partial charge in [0, 0.05) is 19.4 Å². The number of rotatable bonds is 52. The highest BCUT2D eigenvalue weighted by Gasteiger charge is 2.23. The summed E-state index contributed by atoms with van der Waals surface area (Å²) in [5, 5.41) is 12.8. The summed E-state index contributed by atoms with van der Waals surface area (Å²) in [6.07, 6.45) is 53.4. The lowest BCUT2D eigenvalue weighted by Crippen LogP contribution is -2.27. The largest absolute Gasteiger partial charge is 0.472 e. The van der Waals surface area contributed by atoms with E-state index in [1.807, 2.05) is 0 Å². The van der Waals surface area contributed by atoms with Crippen molar-refractivity contribution in [2.75, 3.05) is 26.4 Å². The molecule has 370 valence electrons. The first-order valence-electron chi connectivity index (χ1n) is 27.0. The molecule has 0 aliphatic rings. The fraction of sp³-hybridized carbons (Fsp3) is 0.962. The molecule has 3 N–H and O–H groups in total. The lowest BCUT2D eigenvalue weighted by Gasteiger charge is -2.15. The average Bonchev–Trinajstić information content (AvgIpc) is 3.26. The standard InChI is InChI=1S/C52H104NO8P/c1-3-5-7-9-11-13-15-17-19-21-22-23-24-25-26-27-29-30-32-34-36-38-40-42-44-51(55)53-46-47-60-62(57,58)61-49-50(54)48-59-52(56)45-43-41-39-37-35-33-31-28-20-18-16-14-12-10-8-6-4-2/h50,54H,3-49H2,1-2H3,(H,53,55)(H,57,58). The molecular formula is C52H104NO8P. The maximum Gasteiger partial charge on any atom is 0.472 e. The number of amides is 1. The normalized spacial score (nSPS) is 13.0. The maximum atomic E-state index is 12.2. The summed E-state index contributed by atoms with van der Waals surface area (Å²) in [6, 6.07) is 0. The van der Waals surface area contributed by atoms with E-state index in [0.717, 1.165) is 38.5 Å². The summed E-state index contributed by atoms with van der Waals surface area (Å²) in [4.78, 5) is 34.1. The van der Waals surface area contributed by atoms with Crippen LogP contribution in [-0.2, 0) is 27.9 Å². The highest BCUT2D eigenvalue weighted by Crippen LogP contribution is 2.42. The Labute approximate surface area is 384 Å². The zero-order valence-corrected chi connectivity index (χ0v) is 42.0. The highest BCUT2D eigenvalue weighted by atomic mass is 31.2. The lowest BCUT2D eigenvalue weighted by molar-refractivity contribution is -0.147. The van der Waals surface area contributed by atoms with Crippen LogP contribution in [0.2, 0.25) is 0 Å². The molecule has 62 heavy (non-hydrogen) atoms. The molecule has 0 aliphatic carbocycles. The molecule has 0 aromatic heterocycles. The van der Waals surface area contributed by atoms with Crippen molar-refractivity contribution in [1.82, 2.24) is 5.32 Å². The van der Waals surface area contributed by atoms with Crippen LogP contribution >= 0.6 is 7.82 Å². The molecule has 2 unspecified atom stereocenters. The number of aliphatic hydroxyl groups excluding tert-OH is 1. The van der Waals surface area contributed by atoms with Crippen molar-refractivity contribution in [3.63, 3.8) is 0 Å². The summed E-state index contributed by atoms with van der Waals surface area (Å²) in [5.74, 6) is -0.497. The predicted octanol–water partition coefficient (Wildman–Crippen LogP) is 16.0. The van der Waals surface area contributed by atoms with Crippen molar-refractivity contribution in [2.45, 2.75) is 296 Å². The molecule has 0 aromatic rings. The Kier molecular flexibility index (Phi) is 48.7. The third-order valence-corrected chi connectivity index (χ3v) is 13.3. The zero-order chi connectivity index (χ0) is 45.3. The molecular weight excluding hydrogens is 798 g/mol. The van der Waals surface area contributed by atoms with Crippen molar-refractivity contribution in [1.29, 1.82) is 0 Å². The Balaban J connectivity index is 3.48. The number of carbonyl (C=O) groups is 2. The van der Waals surface area contributed by atoms with Crippen molar-refractivity contribution < 1.29 is 37.9 Å². The number of unbranched alkanes of at least 4 members (excludes halogenated alkanes) is 39. The number of esters is 1. The van der Waals surface area contributed by atoms with Crippen LogP contribution in [0.3, 0.4) is 0 Å². The predicted molar refractivity (Wildman–Crippen MR) is 262 cm³/mol. The van der Waals surface area contributed by atoms with E-state index in [0.29, 0.717) is 12.8 Å². The molecule has 0 saturated heterocycles. The van der Waals surface area contributed by atoms with E-state index in [2.05, 4.69) is 19.2 Å². The summed E-state index contributed by atoms with van der Waals surface area (Å²) >= 11 is 0. The van der Waals surface area contributed by atoms with Gasteiger partial charge in [-0.05, 0) is 12.8 Å². The van der Waals surface area contributed by atoms with Gasteiger partial charge in [0.25, 0.3) is 0 Å². The van der Waals surface area contributed by atoms with E-state index in [1.54, 1.807) is 0 Å². The minimum Gasteiger partial charge on any atom is -0.463 e. The van der Waals surface area contributed by atoms with Gasteiger partial charge >= 0.3 is 13.8 Å². The Morgan fingerprint density at radius 2 is 0.726 bits per heavy atom. The van der Waals surface area contributed by atoms with Gasteiger partial charge in [-0.3, -0.25) is 18.6 Å². The van der Waals surface area contributed by atoms with E-state index in [1.165, 1.54) is 225 Å². The van der Waals surface area contributed by atoms with E-state index < -0.39 is 26.5 Å². The third kappa shape index (κ3) is 50.0. The molecule has 10 heteroatoms. The van der Waals surface area contributed by atoms with Crippen LogP contribution in [0.1, 0.15) is 290 Å². The van der Waals surface area contributed by atoms with E-state index in [9.17, 15) is 24.2 Å². The molecule has 1 amide bonds. The molecule has 0 saturated carbocycles. The monoisotopic (exact) mass is 902 g/mol. The summed E-state index contributed by atoms with van der Waals surface area (Å²) < 4.78 is 27.0. The molecule has 2 atom stereocenters. The van der Waals surface area contributed by atoms with Crippen LogP contribution in [0, 0.1) is 0 Å². The molecule has 0 fully saturated rings. The topological polar surface area (TPSA) is 131 Å². The number of aliphatic hydroxyl groups is 1. The van der Waals surface area contributed by atoms with Gasteiger partial charge in [-0.2, -0.15) is 0 Å². The van der Waals surface area contributed by atoms with Crippen molar-refractivity contribution in [3.8, 4) is 0 Å². The van der Waals surface area contributed by atoms with Gasteiger partial charge in [0.05, 0.1) is 13.2 Å². The number of carbonyl (C=O) groups excluding carboxylic acids is 2. The Morgan fingerprint density at radius 1 is 0.435 bits per heavy atom. The van der Waals surface area contributed by atoms with Gasteiger partial charge in [0.15, 0.2) is 0 Å². The van der Waals surface area contributed by atoms with Crippen molar-refractivity contribution in [2.24, 2.45) is 0 Å². The van der Waals surface area contributed by atoms with Crippen LogP contribution in [0.4, 0.5) is 0 Å².